The zero-order valence-electron chi connectivity index (χ0n) is 18.0. The molecule has 0 spiro atoms. The first-order chi connectivity index (χ1) is 14.1. The lowest BCUT2D eigenvalue weighted by Gasteiger charge is -2.28. The van der Waals surface area contributed by atoms with E-state index in [1.807, 2.05) is 61.2 Å². The summed E-state index contributed by atoms with van der Waals surface area (Å²) in [5, 5.41) is 0. The maximum atomic E-state index is 13.2. The molecule has 0 aliphatic rings. The molecule has 0 atom stereocenters. The van der Waals surface area contributed by atoms with Crippen LogP contribution in [0, 0.1) is 0 Å². The number of benzene rings is 2. The van der Waals surface area contributed by atoms with E-state index in [0.29, 0.717) is 50.6 Å². The average Bonchev–Trinajstić information content (AvgIpc) is 2.75. The molecule has 0 saturated heterocycles. The summed E-state index contributed by atoms with van der Waals surface area (Å²) >= 11 is 0. The summed E-state index contributed by atoms with van der Waals surface area (Å²) in [6.07, 6.45) is 0. The Morgan fingerprint density at radius 3 is 2.14 bits per heavy atom. The van der Waals surface area contributed by atoms with Crippen LogP contribution in [-0.4, -0.2) is 64.4 Å². The number of amides is 1. The van der Waals surface area contributed by atoms with Gasteiger partial charge in [-0.15, -0.1) is 0 Å². The maximum absolute atomic E-state index is 13.2. The third kappa shape index (κ3) is 5.71. The zero-order valence-corrected chi connectivity index (χ0v) is 18.0. The molecule has 0 aromatic heterocycles. The number of methoxy groups -OCH3 is 2. The van der Waals surface area contributed by atoms with Crippen LogP contribution >= 0.6 is 0 Å². The number of carbonyl (C=O) groups is 1. The van der Waals surface area contributed by atoms with Crippen molar-refractivity contribution in [3.63, 3.8) is 0 Å². The third-order valence-electron chi connectivity index (χ3n) is 4.99. The Bertz CT molecular complexity index is 783. The Kier molecular flexibility index (Phi) is 8.96. The maximum Gasteiger partial charge on any atom is 0.254 e. The molecule has 2 N–H and O–H groups in total. The molecule has 0 fully saturated rings. The fourth-order valence-corrected chi connectivity index (χ4v) is 3.39. The summed E-state index contributed by atoms with van der Waals surface area (Å²) in [6, 6.07) is 13.6. The SMILES string of the molecule is CCN(CC)C(=O)c1ccccc1-c1cc(N)ccc1N(CCOC)CCOC. The molecule has 158 valence electrons. The molecule has 0 unspecified atom stereocenters. The fraction of sp³-hybridized carbons (Fsp3) is 0.435. The van der Waals surface area contributed by atoms with Gasteiger partial charge in [0.15, 0.2) is 0 Å². The highest BCUT2D eigenvalue weighted by Gasteiger charge is 2.20. The minimum atomic E-state index is 0.0271. The van der Waals surface area contributed by atoms with E-state index in [-0.39, 0.29) is 5.91 Å². The number of hydrogen-bond acceptors (Lipinski definition) is 5. The predicted octanol–water partition coefficient (Wildman–Crippen LogP) is 3.52. The summed E-state index contributed by atoms with van der Waals surface area (Å²) in [4.78, 5) is 17.2. The van der Waals surface area contributed by atoms with E-state index < -0.39 is 0 Å². The molecule has 0 bridgehead atoms. The number of nitrogen functional groups attached to an aromatic ring is 1. The molecular weight excluding hydrogens is 366 g/mol. The number of carbonyl (C=O) groups excluding carboxylic acids is 1. The van der Waals surface area contributed by atoms with Gasteiger partial charge in [0, 0.05) is 62.9 Å². The van der Waals surface area contributed by atoms with Gasteiger partial charge < -0.3 is 25.0 Å². The normalized spacial score (nSPS) is 10.8. The minimum Gasteiger partial charge on any atom is -0.399 e. The van der Waals surface area contributed by atoms with E-state index in [2.05, 4.69) is 4.90 Å². The predicted molar refractivity (Wildman–Crippen MR) is 120 cm³/mol. The van der Waals surface area contributed by atoms with Gasteiger partial charge in [0.1, 0.15) is 0 Å². The molecule has 6 nitrogen and oxygen atoms in total. The van der Waals surface area contributed by atoms with Gasteiger partial charge >= 0.3 is 0 Å². The molecule has 1 amide bonds. The van der Waals surface area contributed by atoms with Crippen molar-refractivity contribution in [1.29, 1.82) is 0 Å². The number of hydrogen-bond donors (Lipinski definition) is 1. The lowest BCUT2D eigenvalue weighted by Crippen LogP contribution is -2.32. The third-order valence-corrected chi connectivity index (χ3v) is 4.99. The van der Waals surface area contributed by atoms with E-state index in [1.54, 1.807) is 14.2 Å². The zero-order chi connectivity index (χ0) is 21.2. The molecule has 0 aliphatic heterocycles. The number of anilines is 2. The van der Waals surface area contributed by atoms with Gasteiger partial charge in [0.05, 0.1) is 13.2 Å². The number of rotatable bonds is 11. The van der Waals surface area contributed by atoms with Crippen LogP contribution in [-0.2, 0) is 9.47 Å². The molecule has 6 heteroatoms. The number of nitrogens with zero attached hydrogens (tertiary/aromatic N) is 2. The number of ether oxygens (including phenoxy) is 2. The van der Waals surface area contributed by atoms with E-state index in [0.717, 1.165) is 16.8 Å². The van der Waals surface area contributed by atoms with Crippen molar-refractivity contribution in [3.8, 4) is 11.1 Å². The Morgan fingerprint density at radius 1 is 0.931 bits per heavy atom. The molecule has 29 heavy (non-hydrogen) atoms. The molecule has 2 aromatic rings. The Balaban J connectivity index is 2.57. The van der Waals surface area contributed by atoms with E-state index >= 15 is 0 Å². The van der Waals surface area contributed by atoms with Crippen LogP contribution in [0.5, 0.6) is 0 Å². The summed E-state index contributed by atoms with van der Waals surface area (Å²) in [7, 11) is 3.38. The Hall–Kier alpha value is -2.57. The molecule has 0 radical (unpaired) electrons. The van der Waals surface area contributed by atoms with Gasteiger partial charge in [0.2, 0.25) is 0 Å². The second-order valence-electron chi connectivity index (χ2n) is 6.77. The molecule has 2 rings (SSSR count). The van der Waals surface area contributed by atoms with Crippen molar-refractivity contribution >= 4 is 17.3 Å². The van der Waals surface area contributed by atoms with E-state index in [1.165, 1.54) is 0 Å². The highest BCUT2D eigenvalue weighted by molar-refractivity contribution is 6.02. The lowest BCUT2D eigenvalue weighted by molar-refractivity contribution is 0.0774. The molecular formula is C23H33N3O3. The van der Waals surface area contributed by atoms with Crippen LogP contribution < -0.4 is 10.6 Å². The van der Waals surface area contributed by atoms with Crippen LogP contribution in [0.25, 0.3) is 11.1 Å². The minimum absolute atomic E-state index is 0.0271. The van der Waals surface area contributed by atoms with E-state index in [4.69, 9.17) is 15.2 Å². The Labute approximate surface area is 174 Å². The second kappa shape index (κ2) is 11.4. The van der Waals surface area contributed by atoms with Gasteiger partial charge in [0.25, 0.3) is 5.91 Å². The van der Waals surface area contributed by atoms with Crippen molar-refractivity contribution < 1.29 is 14.3 Å². The van der Waals surface area contributed by atoms with Crippen molar-refractivity contribution in [2.45, 2.75) is 13.8 Å². The first-order valence-electron chi connectivity index (χ1n) is 10.1. The fourth-order valence-electron chi connectivity index (χ4n) is 3.39. The first kappa shape index (κ1) is 22.7. The van der Waals surface area contributed by atoms with Gasteiger partial charge in [-0.05, 0) is 43.7 Å². The van der Waals surface area contributed by atoms with Crippen LogP contribution in [0.2, 0.25) is 0 Å². The average molecular weight is 400 g/mol. The largest absolute Gasteiger partial charge is 0.399 e. The number of nitrogens with two attached hydrogens (primary N) is 1. The monoisotopic (exact) mass is 399 g/mol. The highest BCUT2D eigenvalue weighted by atomic mass is 16.5. The van der Waals surface area contributed by atoms with Crippen LogP contribution in [0.1, 0.15) is 24.2 Å². The molecule has 0 saturated carbocycles. The highest BCUT2D eigenvalue weighted by Crippen LogP contribution is 2.35. The van der Waals surface area contributed by atoms with E-state index in [9.17, 15) is 4.79 Å². The van der Waals surface area contributed by atoms with Gasteiger partial charge in [-0.3, -0.25) is 4.79 Å². The standard InChI is InChI=1S/C23H33N3O3/c1-5-25(6-2)23(27)20-10-8-7-9-19(20)21-17-18(24)11-12-22(21)26(13-15-28-3)14-16-29-4/h7-12,17H,5-6,13-16,24H2,1-4H3. The summed E-state index contributed by atoms with van der Waals surface area (Å²) in [6.45, 7) is 7.93. The summed E-state index contributed by atoms with van der Waals surface area (Å²) in [5.74, 6) is 0.0271. The van der Waals surface area contributed by atoms with Crippen LogP contribution in [0.4, 0.5) is 11.4 Å². The van der Waals surface area contributed by atoms with Crippen molar-refractivity contribution in [3.05, 3.63) is 48.0 Å². The molecule has 2 aromatic carbocycles. The second-order valence-corrected chi connectivity index (χ2v) is 6.77. The van der Waals surface area contributed by atoms with Crippen molar-refractivity contribution in [2.24, 2.45) is 0 Å². The van der Waals surface area contributed by atoms with Crippen molar-refractivity contribution in [1.82, 2.24) is 4.90 Å². The van der Waals surface area contributed by atoms with Crippen molar-refractivity contribution in [2.75, 3.05) is 64.2 Å². The Morgan fingerprint density at radius 2 is 1.55 bits per heavy atom. The lowest BCUT2D eigenvalue weighted by atomic mass is 9.96. The van der Waals surface area contributed by atoms with Gasteiger partial charge in [-0.1, -0.05) is 18.2 Å². The quantitative estimate of drug-likeness (QED) is 0.586. The van der Waals surface area contributed by atoms with Gasteiger partial charge in [-0.2, -0.15) is 0 Å². The topological polar surface area (TPSA) is 68.0 Å². The summed E-state index contributed by atoms with van der Waals surface area (Å²) in [5.41, 5.74) is 10.3. The molecule has 0 aliphatic carbocycles. The summed E-state index contributed by atoms with van der Waals surface area (Å²) < 4.78 is 10.6. The van der Waals surface area contributed by atoms with Crippen LogP contribution in [0.3, 0.4) is 0 Å². The molecule has 0 heterocycles. The smallest absolute Gasteiger partial charge is 0.254 e. The first-order valence-corrected chi connectivity index (χ1v) is 10.1. The van der Waals surface area contributed by atoms with Crippen LogP contribution in [0.15, 0.2) is 42.5 Å². The van der Waals surface area contributed by atoms with Gasteiger partial charge in [-0.25, -0.2) is 0 Å².